The highest BCUT2D eigenvalue weighted by atomic mass is 15.2. The van der Waals surface area contributed by atoms with Crippen LogP contribution >= 0.6 is 0 Å². The standard InChI is InChI=1S/C46H30N4.2C46H32N4/c1-3-13-31(14-4-1)40-30-41(48-46(47-40)33-15-5-2-6-16-33)32-23-25-34(26-24-32)49-44-22-12-9-19-38(44)39-29-35(27-28-45(39)49)50-42-20-10-7-17-36(42)37-18-8-11-21-43(37)50;1-5-15-33(16-6-1)42-32-43(48-46(47-42)35-17-7-2-8-18-35)34-25-27-38(28-26-34)50-44-24-14-13-23-40(44)41-31-39(29-30-45(41)50)49(36-19-9-3-10-20-36)37-21-11-4-12-22-37;1-5-15-33(16-6-1)42-32-43(34-17-7-2-8-18-34)48-46(47-42)35-25-27-38(28-26-35)50-44-24-14-13-23-40(44)41-31-39(29-30-45(41)50)49(36-19-9-3-10-20-36)37-21-11-4-12-22-37/h1-30H;2*1-32H. The van der Waals surface area contributed by atoms with Crippen LogP contribution in [0.1, 0.15) is 0 Å². The fourth-order valence-electron chi connectivity index (χ4n) is 21.1. The molecule has 0 spiro atoms. The summed E-state index contributed by atoms with van der Waals surface area (Å²) in [5.74, 6) is 2.13. The van der Waals surface area contributed by atoms with E-state index >= 15 is 0 Å². The Bertz CT molecular complexity index is 9090. The molecule has 0 aliphatic carbocycles. The molecule has 28 rings (SSSR count). The summed E-state index contributed by atoms with van der Waals surface area (Å²) >= 11 is 0. The van der Waals surface area contributed by atoms with E-state index in [1.54, 1.807) is 0 Å². The summed E-state index contributed by atoms with van der Waals surface area (Å²) in [5.41, 5.74) is 35.2. The van der Waals surface area contributed by atoms with Gasteiger partial charge in [0.2, 0.25) is 0 Å². The fourth-order valence-corrected chi connectivity index (χ4v) is 21.1. The third-order valence-electron chi connectivity index (χ3n) is 28.1. The summed E-state index contributed by atoms with van der Waals surface area (Å²) < 4.78 is 9.47. The minimum Gasteiger partial charge on any atom is -0.310 e. The predicted molar refractivity (Wildman–Crippen MR) is 622 cm³/mol. The smallest absolute Gasteiger partial charge is 0.160 e. The molecule has 28 aromatic rings. The molecule has 0 N–H and O–H groups in total. The zero-order valence-corrected chi connectivity index (χ0v) is 81.6. The van der Waals surface area contributed by atoms with Crippen molar-refractivity contribution in [2.75, 3.05) is 9.80 Å². The van der Waals surface area contributed by atoms with Gasteiger partial charge in [0.1, 0.15) is 0 Å². The molecular formula is C138H94N12. The quantitative estimate of drug-likeness (QED) is 0.0789. The number of anilines is 6. The lowest BCUT2D eigenvalue weighted by molar-refractivity contribution is 1.16. The van der Waals surface area contributed by atoms with Crippen LogP contribution in [0, 0.1) is 0 Å². The number of hydrogen-bond donors (Lipinski definition) is 0. The van der Waals surface area contributed by atoms with E-state index in [0.717, 1.165) is 163 Å². The highest BCUT2D eigenvalue weighted by molar-refractivity contribution is 6.15. The van der Waals surface area contributed by atoms with Crippen LogP contribution in [0.2, 0.25) is 0 Å². The molecule has 0 saturated carbocycles. The number of rotatable bonds is 19. The van der Waals surface area contributed by atoms with Gasteiger partial charge in [-0.3, -0.25) is 0 Å². The average molecular weight is 1920 g/mol. The van der Waals surface area contributed by atoms with Crippen LogP contribution in [0.15, 0.2) is 570 Å². The number of fused-ring (bicyclic) bond motifs is 12. The molecule has 0 atom stereocenters. The van der Waals surface area contributed by atoms with Crippen molar-refractivity contribution in [1.29, 1.82) is 0 Å². The van der Waals surface area contributed by atoms with Crippen LogP contribution in [0.3, 0.4) is 0 Å². The van der Waals surface area contributed by atoms with Crippen molar-refractivity contribution in [3.05, 3.63) is 570 Å². The Morgan fingerprint density at radius 1 is 0.120 bits per heavy atom. The Balaban J connectivity index is 0.000000113. The van der Waals surface area contributed by atoms with Crippen molar-refractivity contribution in [2.24, 2.45) is 0 Å². The van der Waals surface area contributed by atoms with Crippen molar-refractivity contribution in [3.8, 4) is 124 Å². The second-order valence-electron chi connectivity index (χ2n) is 37.3. The molecule has 150 heavy (non-hydrogen) atoms. The largest absolute Gasteiger partial charge is 0.310 e. The van der Waals surface area contributed by atoms with Gasteiger partial charge in [0.15, 0.2) is 17.5 Å². The van der Waals surface area contributed by atoms with E-state index in [2.05, 4.69) is 489 Å². The first-order chi connectivity index (χ1) is 74.4. The second-order valence-corrected chi connectivity index (χ2v) is 37.3. The van der Waals surface area contributed by atoms with Gasteiger partial charge >= 0.3 is 0 Å². The molecule has 7 aromatic heterocycles. The van der Waals surface area contributed by atoms with E-state index in [4.69, 9.17) is 29.9 Å². The van der Waals surface area contributed by atoms with E-state index in [-0.39, 0.29) is 0 Å². The summed E-state index contributed by atoms with van der Waals surface area (Å²) in [6, 6.07) is 200. The third kappa shape index (κ3) is 17.3. The van der Waals surface area contributed by atoms with Crippen LogP contribution in [-0.4, -0.2) is 48.2 Å². The maximum absolute atomic E-state index is 5.05. The number of hydrogen-bond acceptors (Lipinski definition) is 8. The first-order valence-corrected chi connectivity index (χ1v) is 50.6. The topological polar surface area (TPSA) is 104 Å². The molecule has 21 aromatic carbocycles. The van der Waals surface area contributed by atoms with Gasteiger partial charge in [-0.15, -0.1) is 0 Å². The normalized spacial score (nSPS) is 11.3. The molecule has 0 aliphatic heterocycles. The molecule has 0 aliphatic rings. The van der Waals surface area contributed by atoms with Gasteiger partial charge in [-0.2, -0.15) is 0 Å². The van der Waals surface area contributed by atoms with Crippen LogP contribution in [0.4, 0.5) is 34.1 Å². The van der Waals surface area contributed by atoms with E-state index in [1.807, 2.05) is 109 Å². The minimum atomic E-state index is 0.700. The average Bonchev–Trinajstić information content (AvgIpc) is 1.60. The van der Waals surface area contributed by atoms with Crippen LogP contribution in [-0.2, 0) is 0 Å². The molecule has 7 heterocycles. The highest BCUT2D eigenvalue weighted by Crippen LogP contribution is 2.46. The Hall–Kier alpha value is -20.3. The number of benzene rings is 21. The van der Waals surface area contributed by atoms with E-state index in [1.165, 1.54) is 65.2 Å². The van der Waals surface area contributed by atoms with Crippen molar-refractivity contribution in [3.63, 3.8) is 0 Å². The highest BCUT2D eigenvalue weighted by Gasteiger charge is 2.25. The van der Waals surface area contributed by atoms with Gasteiger partial charge in [-0.25, -0.2) is 29.9 Å². The van der Waals surface area contributed by atoms with Gasteiger partial charge < -0.3 is 28.1 Å². The van der Waals surface area contributed by atoms with Crippen molar-refractivity contribution < 1.29 is 0 Å². The number of aromatic nitrogens is 10. The van der Waals surface area contributed by atoms with E-state index in [9.17, 15) is 0 Å². The summed E-state index contributed by atoms with van der Waals surface area (Å²) in [4.78, 5) is 34.7. The van der Waals surface area contributed by atoms with Crippen LogP contribution < -0.4 is 9.80 Å². The van der Waals surface area contributed by atoms with E-state index < -0.39 is 0 Å². The Morgan fingerprint density at radius 2 is 0.300 bits per heavy atom. The second kappa shape index (κ2) is 39.8. The first kappa shape index (κ1) is 89.7. The molecule has 12 heteroatoms. The molecule has 0 saturated heterocycles. The summed E-state index contributed by atoms with van der Waals surface area (Å²) in [6.07, 6.45) is 0. The summed E-state index contributed by atoms with van der Waals surface area (Å²) in [5, 5.41) is 9.80. The van der Waals surface area contributed by atoms with Gasteiger partial charge in [-0.1, -0.05) is 370 Å². The SMILES string of the molecule is c1ccc(-c2cc(-c3ccc(-n4c5ccccc5c5cc(-n6c7ccccc7c7ccccc76)ccc54)cc3)nc(-c3ccccc3)n2)cc1.c1ccc(-c2cc(-c3ccc(-n4c5ccccc5c5cc(N(c6ccccc6)c6ccccc6)ccc54)cc3)nc(-c3ccccc3)n2)cc1.c1ccc(-c2cc(-c3ccccc3)nc(-c3ccc(-n4c5ccccc5c5cc(N(c6ccccc6)c6ccccc6)ccc54)cc3)n2)cc1. The molecule has 0 radical (unpaired) electrons. The lowest BCUT2D eigenvalue weighted by atomic mass is 10.1. The fraction of sp³-hybridized carbons (Fsp3) is 0. The lowest BCUT2D eigenvalue weighted by Gasteiger charge is -2.25. The molecule has 0 amide bonds. The molecule has 0 fully saturated rings. The Labute approximate surface area is 867 Å². The zero-order chi connectivity index (χ0) is 99.6. The summed E-state index contributed by atoms with van der Waals surface area (Å²) in [7, 11) is 0. The number of nitrogens with zero attached hydrogens (tertiary/aromatic N) is 12. The minimum absolute atomic E-state index is 0.700. The van der Waals surface area contributed by atoms with Crippen LogP contribution in [0.5, 0.6) is 0 Å². The predicted octanol–water partition coefficient (Wildman–Crippen LogP) is 35.8. The number of para-hydroxylation sites is 9. The maximum Gasteiger partial charge on any atom is 0.160 e. The van der Waals surface area contributed by atoms with Gasteiger partial charge in [0.25, 0.3) is 0 Å². The van der Waals surface area contributed by atoms with Gasteiger partial charge in [0.05, 0.1) is 78.3 Å². The van der Waals surface area contributed by atoms with Crippen LogP contribution in [0.25, 0.3) is 212 Å². The Morgan fingerprint density at radius 3 is 0.567 bits per heavy atom. The molecule has 0 unspecified atom stereocenters. The Kier molecular flexibility index (Phi) is 23.8. The zero-order valence-electron chi connectivity index (χ0n) is 81.6. The molecule has 0 bridgehead atoms. The van der Waals surface area contributed by atoms with Crippen molar-refractivity contribution in [1.82, 2.24) is 48.2 Å². The maximum atomic E-state index is 5.05. The first-order valence-electron chi connectivity index (χ1n) is 50.6. The third-order valence-corrected chi connectivity index (χ3v) is 28.1. The summed E-state index contributed by atoms with van der Waals surface area (Å²) in [6.45, 7) is 0. The van der Waals surface area contributed by atoms with Crippen molar-refractivity contribution >= 4 is 121 Å². The van der Waals surface area contributed by atoms with Gasteiger partial charge in [0, 0.05) is 150 Å². The molecule has 12 nitrogen and oxygen atoms in total. The lowest BCUT2D eigenvalue weighted by Crippen LogP contribution is -2.09. The van der Waals surface area contributed by atoms with Gasteiger partial charge in [-0.05, 0) is 200 Å². The van der Waals surface area contributed by atoms with E-state index in [0.29, 0.717) is 17.5 Å². The molecule has 706 valence electrons. The monoisotopic (exact) mass is 1920 g/mol. The van der Waals surface area contributed by atoms with Crippen molar-refractivity contribution in [2.45, 2.75) is 0 Å². The molecular weight excluding hydrogens is 1830 g/mol.